The molecule has 1 aromatic carbocycles. The number of amides is 1. The van der Waals surface area contributed by atoms with Crippen molar-refractivity contribution in [2.24, 2.45) is 5.41 Å². The van der Waals surface area contributed by atoms with Crippen LogP contribution in [0, 0.1) is 5.41 Å². The third kappa shape index (κ3) is 3.74. The Kier molecular flexibility index (Phi) is 4.21. The van der Waals surface area contributed by atoms with Gasteiger partial charge in [-0.05, 0) is 32.4 Å². The molecule has 1 aromatic rings. The van der Waals surface area contributed by atoms with Gasteiger partial charge in [-0.1, -0.05) is 18.2 Å². The number of carboxylic acids is 1. The van der Waals surface area contributed by atoms with Gasteiger partial charge < -0.3 is 15.2 Å². The van der Waals surface area contributed by atoms with E-state index >= 15 is 0 Å². The molecule has 0 saturated heterocycles. The molecule has 0 bridgehead atoms. The van der Waals surface area contributed by atoms with Crippen molar-refractivity contribution in [3.05, 3.63) is 30.3 Å². The molecule has 2 rings (SSSR count). The first kappa shape index (κ1) is 15.4. The van der Waals surface area contributed by atoms with Crippen molar-refractivity contribution in [3.8, 4) is 5.75 Å². The van der Waals surface area contributed by atoms with Crippen molar-refractivity contribution in [3.63, 3.8) is 0 Å². The zero-order chi connectivity index (χ0) is 15.5. The first-order chi connectivity index (χ1) is 9.86. The van der Waals surface area contributed by atoms with Gasteiger partial charge in [0.25, 0.3) is 5.91 Å². The average molecular weight is 291 g/mol. The second kappa shape index (κ2) is 5.76. The van der Waals surface area contributed by atoms with Crippen molar-refractivity contribution < 1.29 is 19.4 Å². The van der Waals surface area contributed by atoms with Crippen LogP contribution in [-0.2, 0) is 9.59 Å². The van der Waals surface area contributed by atoms with E-state index in [2.05, 4.69) is 5.32 Å². The number of carbonyl (C=O) groups is 2. The zero-order valence-corrected chi connectivity index (χ0v) is 12.4. The predicted octanol–water partition coefficient (Wildman–Crippen LogP) is 2.22. The van der Waals surface area contributed by atoms with E-state index in [1.54, 1.807) is 13.8 Å². The van der Waals surface area contributed by atoms with Gasteiger partial charge in [0, 0.05) is 19.4 Å². The van der Waals surface area contributed by atoms with Crippen LogP contribution in [-0.4, -0.2) is 29.1 Å². The van der Waals surface area contributed by atoms with Crippen LogP contribution in [0.1, 0.15) is 33.1 Å². The summed E-state index contributed by atoms with van der Waals surface area (Å²) in [6.45, 7) is 3.63. The molecule has 0 heterocycles. The molecule has 21 heavy (non-hydrogen) atoms. The van der Waals surface area contributed by atoms with E-state index in [-0.39, 0.29) is 5.91 Å². The molecule has 0 unspecified atom stereocenters. The Morgan fingerprint density at radius 2 is 1.90 bits per heavy atom. The van der Waals surface area contributed by atoms with E-state index < -0.39 is 17.0 Å². The molecule has 0 aromatic heterocycles. The van der Waals surface area contributed by atoms with Crippen LogP contribution in [0.3, 0.4) is 0 Å². The average Bonchev–Trinajstić information content (AvgIpc) is 3.20. The minimum Gasteiger partial charge on any atom is -0.481 e. The molecule has 2 N–H and O–H groups in total. The molecule has 1 aliphatic carbocycles. The van der Waals surface area contributed by atoms with Gasteiger partial charge in [-0.2, -0.15) is 0 Å². The molecule has 5 nitrogen and oxygen atoms in total. The molecule has 1 amide bonds. The molecular formula is C16H21NO4. The summed E-state index contributed by atoms with van der Waals surface area (Å²) in [5.41, 5.74) is -1.61. The second-order valence-corrected chi connectivity index (χ2v) is 6.10. The van der Waals surface area contributed by atoms with Crippen LogP contribution in [0.2, 0.25) is 0 Å². The second-order valence-electron chi connectivity index (χ2n) is 6.10. The van der Waals surface area contributed by atoms with Crippen LogP contribution in [0.4, 0.5) is 0 Å². The molecule has 114 valence electrons. The topological polar surface area (TPSA) is 75.6 Å². The summed E-state index contributed by atoms with van der Waals surface area (Å²) < 4.78 is 5.78. The predicted molar refractivity (Wildman–Crippen MR) is 78.1 cm³/mol. The zero-order valence-electron chi connectivity index (χ0n) is 12.4. The van der Waals surface area contributed by atoms with E-state index in [4.69, 9.17) is 9.84 Å². The van der Waals surface area contributed by atoms with Crippen molar-refractivity contribution in [1.29, 1.82) is 0 Å². The van der Waals surface area contributed by atoms with Crippen LogP contribution in [0.25, 0.3) is 0 Å². The van der Waals surface area contributed by atoms with Crippen LogP contribution >= 0.6 is 0 Å². The first-order valence-corrected chi connectivity index (χ1v) is 7.12. The Balaban J connectivity index is 1.85. The maximum Gasteiger partial charge on any atom is 0.309 e. The van der Waals surface area contributed by atoms with Gasteiger partial charge in [0.15, 0.2) is 5.60 Å². The van der Waals surface area contributed by atoms with Crippen LogP contribution in [0.15, 0.2) is 30.3 Å². The highest BCUT2D eigenvalue weighted by atomic mass is 16.5. The van der Waals surface area contributed by atoms with E-state index in [9.17, 15) is 9.59 Å². The third-order valence-electron chi connectivity index (χ3n) is 3.79. The highest BCUT2D eigenvalue weighted by molar-refractivity contribution is 5.88. The molecule has 5 heteroatoms. The number of benzene rings is 1. The number of hydrogen-bond donors (Lipinski definition) is 2. The molecule has 0 spiro atoms. The van der Waals surface area contributed by atoms with Gasteiger partial charge in [0.05, 0.1) is 5.41 Å². The Hall–Kier alpha value is -2.04. The third-order valence-corrected chi connectivity index (χ3v) is 3.79. The van der Waals surface area contributed by atoms with Gasteiger partial charge in [-0.3, -0.25) is 9.59 Å². The van der Waals surface area contributed by atoms with Crippen LogP contribution in [0.5, 0.6) is 5.75 Å². The largest absolute Gasteiger partial charge is 0.481 e. The van der Waals surface area contributed by atoms with Crippen molar-refractivity contribution in [1.82, 2.24) is 5.32 Å². The number of aliphatic carboxylic acids is 1. The van der Waals surface area contributed by atoms with E-state index in [1.165, 1.54) is 0 Å². The summed E-state index contributed by atoms with van der Waals surface area (Å²) in [6.07, 6.45) is 1.77. The number of carbonyl (C=O) groups excluding carboxylic acids is 1. The van der Waals surface area contributed by atoms with Crippen molar-refractivity contribution in [2.45, 2.75) is 38.7 Å². The Bertz CT molecular complexity index is 520. The molecule has 1 fully saturated rings. The quantitative estimate of drug-likeness (QED) is 0.807. The van der Waals surface area contributed by atoms with E-state index in [1.807, 2.05) is 30.3 Å². The number of rotatable bonds is 7. The number of para-hydroxylation sites is 1. The maximum atomic E-state index is 12.2. The van der Waals surface area contributed by atoms with E-state index in [0.717, 1.165) is 0 Å². The van der Waals surface area contributed by atoms with E-state index in [0.29, 0.717) is 31.6 Å². The SMILES string of the molecule is CC(C)(CCNC(=O)C1(Oc2ccccc2)CC1)C(=O)O. The molecular weight excluding hydrogens is 270 g/mol. The highest BCUT2D eigenvalue weighted by Crippen LogP contribution is 2.40. The highest BCUT2D eigenvalue weighted by Gasteiger charge is 2.52. The Morgan fingerprint density at radius 1 is 1.29 bits per heavy atom. The summed E-state index contributed by atoms with van der Waals surface area (Å²) in [5, 5.41) is 11.8. The summed E-state index contributed by atoms with van der Waals surface area (Å²) in [5.74, 6) is -0.345. The molecule has 0 radical (unpaired) electrons. The fourth-order valence-electron chi connectivity index (χ4n) is 1.96. The molecule has 0 aliphatic heterocycles. The monoisotopic (exact) mass is 291 g/mol. The van der Waals surface area contributed by atoms with Gasteiger partial charge in [-0.15, -0.1) is 0 Å². The number of carboxylic acid groups (broad SMARTS) is 1. The van der Waals surface area contributed by atoms with Gasteiger partial charge in [-0.25, -0.2) is 0 Å². The van der Waals surface area contributed by atoms with Gasteiger partial charge >= 0.3 is 5.97 Å². The maximum absolute atomic E-state index is 12.2. The number of nitrogens with one attached hydrogen (secondary N) is 1. The van der Waals surface area contributed by atoms with Gasteiger partial charge in [0.2, 0.25) is 0 Å². The lowest BCUT2D eigenvalue weighted by Crippen LogP contribution is -2.42. The minimum absolute atomic E-state index is 0.160. The van der Waals surface area contributed by atoms with Crippen molar-refractivity contribution >= 4 is 11.9 Å². The van der Waals surface area contributed by atoms with Gasteiger partial charge in [0.1, 0.15) is 5.75 Å². The summed E-state index contributed by atoms with van der Waals surface area (Å²) in [4.78, 5) is 23.2. The summed E-state index contributed by atoms with van der Waals surface area (Å²) in [7, 11) is 0. The fraction of sp³-hybridized carbons (Fsp3) is 0.500. The number of hydrogen-bond acceptors (Lipinski definition) is 3. The molecule has 0 atom stereocenters. The fourth-order valence-corrected chi connectivity index (χ4v) is 1.96. The Morgan fingerprint density at radius 3 is 2.43 bits per heavy atom. The minimum atomic E-state index is -0.863. The van der Waals surface area contributed by atoms with Crippen molar-refractivity contribution in [2.75, 3.05) is 6.54 Å². The summed E-state index contributed by atoms with van der Waals surface area (Å²) >= 11 is 0. The summed E-state index contributed by atoms with van der Waals surface area (Å²) in [6, 6.07) is 9.25. The Labute approximate surface area is 124 Å². The lowest BCUT2D eigenvalue weighted by atomic mass is 9.90. The molecule has 1 saturated carbocycles. The molecule has 1 aliphatic rings. The lowest BCUT2D eigenvalue weighted by Gasteiger charge is -2.21. The smallest absolute Gasteiger partial charge is 0.309 e. The van der Waals surface area contributed by atoms with Crippen LogP contribution < -0.4 is 10.1 Å². The number of ether oxygens (including phenoxy) is 1. The standard InChI is InChI=1S/C16H21NO4/c1-15(2,14(19)20)10-11-17-13(18)16(8-9-16)21-12-6-4-3-5-7-12/h3-7H,8-11H2,1-2H3,(H,17,18)(H,19,20). The normalized spacial score (nSPS) is 16.1. The lowest BCUT2D eigenvalue weighted by molar-refractivity contribution is -0.147. The first-order valence-electron chi connectivity index (χ1n) is 7.12.